The largest absolute Gasteiger partial charge is 0.396 e. The first-order valence-electron chi connectivity index (χ1n) is 5.81. The first kappa shape index (κ1) is 15.6. The summed E-state index contributed by atoms with van der Waals surface area (Å²) in [7, 11) is 0. The molecule has 0 bridgehead atoms. The molecule has 0 aromatic heterocycles. The maximum atomic E-state index is 11.9. The Morgan fingerprint density at radius 1 is 1.58 bits per heavy atom. The van der Waals surface area contributed by atoms with Crippen LogP contribution in [0.2, 0.25) is 0 Å². The summed E-state index contributed by atoms with van der Waals surface area (Å²) in [5, 5.41) is 22.2. The first-order valence-corrected chi connectivity index (χ1v) is 6.60. The third-order valence-electron chi connectivity index (χ3n) is 2.58. The van der Waals surface area contributed by atoms with Crippen molar-refractivity contribution in [2.45, 2.75) is 25.8 Å². The average molecular weight is 331 g/mol. The summed E-state index contributed by atoms with van der Waals surface area (Å²) in [5.41, 5.74) is 0.0985. The maximum Gasteiger partial charge on any atom is 0.284 e. The molecular weight excluding hydrogens is 316 g/mol. The van der Waals surface area contributed by atoms with Crippen molar-refractivity contribution in [1.29, 1.82) is 0 Å². The number of nitro groups is 1. The third kappa shape index (κ3) is 4.60. The van der Waals surface area contributed by atoms with Gasteiger partial charge in [-0.25, -0.2) is 0 Å². The lowest BCUT2D eigenvalue weighted by Crippen LogP contribution is -2.32. The van der Waals surface area contributed by atoms with E-state index in [0.29, 0.717) is 17.3 Å². The van der Waals surface area contributed by atoms with Crippen molar-refractivity contribution in [3.63, 3.8) is 0 Å². The van der Waals surface area contributed by atoms with Gasteiger partial charge in [0.05, 0.1) is 9.40 Å². The minimum absolute atomic E-state index is 0.0734. The molecule has 0 spiro atoms. The van der Waals surface area contributed by atoms with Gasteiger partial charge in [0.15, 0.2) is 0 Å². The van der Waals surface area contributed by atoms with Crippen molar-refractivity contribution in [1.82, 2.24) is 5.32 Å². The number of halogens is 1. The summed E-state index contributed by atoms with van der Waals surface area (Å²) in [6.07, 6.45) is 1.25. The molecule has 0 aliphatic heterocycles. The standard InChI is InChI=1S/C12H15BrN2O4/c1-8(3-2-6-16)14-12(17)9-4-5-10(13)11(7-9)15(18)19/h4-5,7-8,16H,2-3,6H2,1H3,(H,14,17). The summed E-state index contributed by atoms with van der Waals surface area (Å²) in [4.78, 5) is 22.1. The molecule has 1 aromatic rings. The molecule has 0 radical (unpaired) electrons. The predicted molar refractivity (Wildman–Crippen MR) is 74.0 cm³/mol. The Bertz CT molecular complexity index is 479. The van der Waals surface area contributed by atoms with E-state index in [0.717, 1.165) is 0 Å². The van der Waals surface area contributed by atoms with Gasteiger partial charge in [0.25, 0.3) is 11.6 Å². The fraction of sp³-hybridized carbons (Fsp3) is 0.417. The molecule has 1 atom stereocenters. The summed E-state index contributed by atoms with van der Waals surface area (Å²) >= 11 is 3.06. The monoisotopic (exact) mass is 330 g/mol. The van der Waals surface area contributed by atoms with Crippen molar-refractivity contribution in [3.8, 4) is 0 Å². The second-order valence-corrected chi connectivity index (χ2v) is 5.02. The molecule has 7 heteroatoms. The smallest absolute Gasteiger partial charge is 0.284 e. The minimum Gasteiger partial charge on any atom is -0.396 e. The Morgan fingerprint density at radius 3 is 2.84 bits per heavy atom. The van der Waals surface area contributed by atoms with E-state index >= 15 is 0 Å². The van der Waals surface area contributed by atoms with E-state index in [9.17, 15) is 14.9 Å². The van der Waals surface area contributed by atoms with E-state index in [1.807, 2.05) is 6.92 Å². The van der Waals surface area contributed by atoms with E-state index in [-0.39, 0.29) is 29.8 Å². The highest BCUT2D eigenvalue weighted by Crippen LogP contribution is 2.25. The SMILES string of the molecule is CC(CCCO)NC(=O)c1ccc(Br)c([N+](=O)[O-])c1. The zero-order valence-electron chi connectivity index (χ0n) is 10.4. The molecule has 0 saturated heterocycles. The third-order valence-corrected chi connectivity index (χ3v) is 3.25. The van der Waals surface area contributed by atoms with Crippen LogP contribution < -0.4 is 5.32 Å². The highest BCUT2D eigenvalue weighted by molar-refractivity contribution is 9.10. The van der Waals surface area contributed by atoms with E-state index in [2.05, 4.69) is 21.2 Å². The van der Waals surface area contributed by atoms with Crippen molar-refractivity contribution < 1.29 is 14.8 Å². The highest BCUT2D eigenvalue weighted by Gasteiger charge is 2.16. The van der Waals surface area contributed by atoms with E-state index in [4.69, 9.17) is 5.11 Å². The second-order valence-electron chi connectivity index (χ2n) is 4.16. The van der Waals surface area contributed by atoms with Crippen LogP contribution in [0.3, 0.4) is 0 Å². The number of carbonyl (C=O) groups excluding carboxylic acids is 1. The molecule has 1 unspecified atom stereocenters. The van der Waals surface area contributed by atoms with Crippen molar-refractivity contribution in [3.05, 3.63) is 38.3 Å². The molecule has 0 heterocycles. The Labute approximate surface area is 119 Å². The van der Waals surface area contributed by atoms with Gasteiger partial charge in [-0.2, -0.15) is 0 Å². The Hall–Kier alpha value is -1.47. The number of hydrogen-bond donors (Lipinski definition) is 2. The number of carbonyl (C=O) groups is 1. The van der Waals surface area contributed by atoms with Crippen LogP contribution in [0.4, 0.5) is 5.69 Å². The average Bonchev–Trinajstić information content (AvgIpc) is 2.36. The van der Waals surface area contributed by atoms with E-state index in [1.165, 1.54) is 18.2 Å². The Balaban J connectivity index is 2.77. The Kier molecular flexibility index (Phi) is 5.91. The number of hydrogen-bond acceptors (Lipinski definition) is 4. The van der Waals surface area contributed by atoms with Gasteiger partial charge >= 0.3 is 0 Å². The van der Waals surface area contributed by atoms with Crippen molar-refractivity contribution in [2.75, 3.05) is 6.61 Å². The first-order chi connectivity index (χ1) is 8.95. The molecule has 0 aliphatic rings. The zero-order chi connectivity index (χ0) is 14.4. The van der Waals surface area contributed by atoms with Crippen LogP contribution in [0, 0.1) is 10.1 Å². The lowest BCUT2D eigenvalue weighted by atomic mass is 10.1. The van der Waals surface area contributed by atoms with E-state index in [1.54, 1.807) is 0 Å². The number of aliphatic hydroxyl groups is 1. The minimum atomic E-state index is -0.546. The molecule has 19 heavy (non-hydrogen) atoms. The molecule has 0 aliphatic carbocycles. The van der Waals surface area contributed by atoms with Gasteiger partial charge in [0, 0.05) is 24.3 Å². The van der Waals surface area contributed by atoms with Crippen LogP contribution in [0.25, 0.3) is 0 Å². The fourth-order valence-electron chi connectivity index (χ4n) is 1.57. The highest BCUT2D eigenvalue weighted by atomic mass is 79.9. The number of rotatable bonds is 6. The second kappa shape index (κ2) is 7.20. The molecule has 1 aromatic carbocycles. The predicted octanol–water partition coefficient (Wildman–Crippen LogP) is 2.25. The summed E-state index contributed by atoms with van der Waals surface area (Å²) in [5.74, 6) is -0.360. The van der Waals surface area contributed by atoms with Gasteiger partial charge in [-0.3, -0.25) is 14.9 Å². The number of amides is 1. The summed E-state index contributed by atoms with van der Waals surface area (Å²) in [6, 6.07) is 4.14. The molecule has 1 amide bonds. The van der Waals surface area contributed by atoms with Gasteiger partial charge in [0.2, 0.25) is 0 Å². The van der Waals surface area contributed by atoms with Crippen LogP contribution in [-0.2, 0) is 0 Å². The van der Waals surface area contributed by atoms with Crippen molar-refractivity contribution >= 4 is 27.5 Å². The summed E-state index contributed by atoms with van der Waals surface area (Å²) < 4.78 is 0.336. The van der Waals surface area contributed by atoms with Crippen molar-refractivity contribution in [2.24, 2.45) is 0 Å². The van der Waals surface area contributed by atoms with Gasteiger partial charge in [-0.05, 0) is 47.8 Å². The molecule has 104 valence electrons. The van der Waals surface area contributed by atoms with E-state index < -0.39 is 4.92 Å². The topological polar surface area (TPSA) is 92.5 Å². The zero-order valence-corrected chi connectivity index (χ0v) is 12.0. The molecular formula is C12H15BrN2O4. The van der Waals surface area contributed by atoms with Gasteiger partial charge in [-0.1, -0.05) is 0 Å². The van der Waals surface area contributed by atoms with Crippen LogP contribution in [0.5, 0.6) is 0 Å². The molecule has 1 rings (SSSR count). The number of aliphatic hydroxyl groups excluding tert-OH is 1. The van der Waals surface area contributed by atoms with Crippen LogP contribution in [0.15, 0.2) is 22.7 Å². The number of nitro benzene ring substituents is 1. The Morgan fingerprint density at radius 2 is 2.26 bits per heavy atom. The van der Waals surface area contributed by atoms with Gasteiger partial charge in [0.1, 0.15) is 0 Å². The molecule has 2 N–H and O–H groups in total. The maximum absolute atomic E-state index is 11.9. The quantitative estimate of drug-likeness (QED) is 0.618. The molecule has 0 fully saturated rings. The lowest BCUT2D eigenvalue weighted by Gasteiger charge is -2.13. The summed E-state index contributed by atoms with van der Waals surface area (Å²) in [6.45, 7) is 1.89. The molecule has 6 nitrogen and oxygen atoms in total. The normalized spacial score (nSPS) is 11.9. The van der Waals surface area contributed by atoms with Crippen LogP contribution in [0.1, 0.15) is 30.1 Å². The number of nitrogens with zero attached hydrogens (tertiary/aromatic N) is 1. The van der Waals surface area contributed by atoms with Crippen LogP contribution >= 0.6 is 15.9 Å². The lowest BCUT2D eigenvalue weighted by molar-refractivity contribution is -0.385. The fourth-order valence-corrected chi connectivity index (χ4v) is 1.96. The van der Waals surface area contributed by atoms with Gasteiger partial charge < -0.3 is 10.4 Å². The number of benzene rings is 1. The number of nitrogens with one attached hydrogen (secondary N) is 1. The van der Waals surface area contributed by atoms with Crippen LogP contribution in [-0.4, -0.2) is 28.6 Å². The van der Waals surface area contributed by atoms with Gasteiger partial charge in [-0.15, -0.1) is 0 Å². The molecule has 0 saturated carbocycles.